The number of hydrogen-bond acceptors (Lipinski definition) is 5. The number of aromatic nitrogens is 2. The Morgan fingerprint density at radius 1 is 1.07 bits per heavy atom. The first kappa shape index (κ1) is 18.4. The number of allylic oxidation sites excluding steroid dienone is 1. The molecule has 3 aromatic rings. The lowest BCUT2D eigenvalue weighted by atomic mass is 10.1. The summed E-state index contributed by atoms with van der Waals surface area (Å²) in [6.45, 7) is 0.583. The van der Waals surface area contributed by atoms with Crippen LogP contribution in [0, 0.1) is 0 Å². The summed E-state index contributed by atoms with van der Waals surface area (Å²) in [4.78, 5) is 17.5. The molecule has 144 valence electrons. The second-order valence-corrected chi connectivity index (χ2v) is 6.87. The normalized spacial score (nSPS) is 14.4. The predicted molar refractivity (Wildman–Crippen MR) is 110 cm³/mol. The van der Waals surface area contributed by atoms with Crippen molar-refractivity contribution in [2.24, 2.45) is 0 Å². The van der Waals surface area contributed by atoms with Crippen LogP contribution in [0.25, 0.3) is 22.6 Å². The van der Waals surface area contributed by atoms with Crippen LogP contribution in [0.5, 0.6) is 17.2 Å². The second kappa shape index (κ2) is 7.20. The Morgan fingerprint density at radius 2 is 1.79 bits per heavy atom. The van der Waals surface area contributed by atoms with Crippen LogP contribution in [0.2, 0.25) is 5.02 Å². The van der Waals surface area contributed by atoms with Crippen molar-refractivity contribution in [1.29, 1.82) is 0 Å². The number of benzene rings is 2. The Balaban J connectivity index is 1.86. The van der Waals surface area contributed by atoms with Gasteiger partial charge in [0.2, 0.25) is 5.75 Å². The van der Waals surface area contributed by atoms with Gasteiger partial charge in [-0.3, -0.25) is 9.36 Å². The van der Waals surface area contributed by atoms with Gasteiger partial charge in [-0.25, -0.2) is 4.98 Å². The van der Waals surface area contributed by atoms with Gasteiger partial charge in [0.15, 0.2) is 11.5 Å². The van der Waals surface area contributed by atoms with E-state index in [-0.39, 0.29) is 5.56 Å². The first-order chi connectivity index (χ1) is 13.5. The average Bonchev–Trinajstić information content (AvgIpc) is 3.10. The zero-order valence-electron chi connectivity index (χ0n) is 15.8. The van der Waals surface area contributed by atoms with Gasteiger partial charge in [-0.05, 0) is 54.0 Å². The fraction of sp³-hybridized carbons (Fsp3) is 0.238. The molecule has 28 heavy (non-hydrogen) atoms. The molecular formula is C21H19ClN2O4. The molecule has 0 atom stereocenters. The molecule has 1 aromatic heterocycles. The van der Waals surface area contributed by atoms with Crippen LogP contribution in [-0.4, -0.2) is 30.9 Å². The summed E-state index contributed by atoms with van der Waals surface area (Å²) in [5, 5.41) is 1.06. The van der Waals surface area contributed by atoms with E-state index in [1.807, 2.05) is 18.2 Å². The van der Waals surface area contributed by atoms with Crippen LogP contribution in [0.4, 0.5) is 0 Å². The smallest absolute Gasteiger partial charge is 0.261 e. The Hall–Kier alpha value is -2.99. The molecule has 0 amide bonds. The summed E-state index contributed by atoms with van der Waals surface area (Å²) >= 11 is 6.04. The fourth-order valence-corrected chi connectivity index (χ4v) is 3.68. The van der Waals surface area contributed by atoms with Gasteiger partial charge in [0.05, 0.1) is 32.2 Å². The summed E-state index contributed by atoms with van der Waals surface area (Å²) in [7, 11) is 4.73. The molecule has 0 unspecified atom stereocenters. The number of rotatable bonds is 4. The first-order valence-corrected chi connectivity index (χ1v) is 9.14. The van der Waals surface area contributed by atoms with E-state index in [1.165, 1.54) is 0 Å². The third kappa shape index (κ3) is 2.99. The minimum absolute atomic E-state index is 0.0733. The first-order valence-electron chi connectivity index (χ1n) is 8.76. The molecule has 0 saturated heterocycles. The quantitative estimate of drug-likeness (QED) is 0.664. The van der Waals surface area contributed by atoms with Gasteiger partial charge in [-0.15, -0.1) is 0 Å². The number of nitrogens with zero attached hydrogens (tertiary/aromatic N) is 2. The lowest BCUT2D eigenvalue weighted by molar-refractivity contribution is 0.324. The van der Waals surface area contributed by atoms with Gasteiger partial charge < -0.3 is 14.2 Å². The molecule has 0 bridgehead atoms. The van der Waals surface area contributed by atoms with Gasteiger partial charge in [0.25, 0.3) is 5.56 Å². The number of ether oxygens (including phenoxy) is 3. The largest absolute Gasteiger partial charge is 0.493 e. The second-order valence-electron chi connectivity index (χ2n) is 6.43. The zero-order valence-corrected chi connectivity index (χ0v) is 16.5. The van der Waals surface area contributed by atoms with Crippen molar-refractivity contribution >= 4 is 34.2 Å². The molecule has 4 rings (SSSR count). The van der Waals surface area contributed by atoms with Crippen LogP contribution in [0.1, 0.15) is 17.8 Å². The van der Waals surface area contributed by atoms with Crippen LogP contribution in [-0.2, 0) is 6.54 Å². The minimum atomic E-state index is -0.0733. The fourth-order valence-electron chi connectivity index (χ4n) is 3.51. The monoisotopic (exact) mass is 398 g/mol. The van der Waals surface area contributed by atoms with Crippen LogP contribution >= 0.6 is 11.6 Å². The number of fused-ring (bicyclic) bond motifs is 2. The van der Waals surface area contributed by atoms with E-state index >= 15 is 0 Å². The maximum atomic E-state index is 12.8. The van der Waals surface area contributed by atoms with Crippen molar-refractivity contribution in [2.75, 3.05) is 21.3 Å². The highest BCUT2D eigenvalue weighted by molar-refractivity contribution is 6.31. The van der Waals surface area contributed by atoms with E-state index < -0.39 is 0 Å². The van der Waals surface area contributed by atoms with Gasteiger partial charge >= 0.3 is 0 Å². The van der Waals surface area contributed by atoms with Crippen molar-refractivity contribution in [3.63, 3.8) is 0 Å². The highest BCUT2D eigenvalue weighted by Gasteiger charge is 2.21. The molecule has 2 aromatic carbocycles. The van der Waals surface area contributed by atoms with Gasteiger partial charge in [0, 0.05) is 11.6 Å². The average molecular weight is 399 g/mol. The maximum absolute atomic E-state index is 12.8. The Morgan fingerprint density at radius 3 is 2.43 bits per heavy atom. The van der Waals surface area contributed by atoms with E-state index in [0.717, 1.165) is 11.1 Å². The van der Waals surface area contributed by atoms with E-state index in [4.69, 9.17) is 30.8 Å². The van der Waals surface area contributed by atoms with Crippen molar-refractivity contribution in [3.8, 4) is 17.2 Å². The highest BCUT2D eigenvalue weighted by Crippen LogP contribution is 2.39. The summed E-state index contributed by atoms with van der Waals surface area (Å²) in [5.74, 6) is 2.36. The number of hydrogen-bond donors (Lipinski definition) is 0. The molecule has 0 aliphatic carbocycles. The molecule has 0 spiro atoms. The minimum Gasteiger partial charge on any atom is -0.493 e. The molecule has 2 heterocycles. The molecule has 0 radical (unpaired) electrons. The third-order valence-electron chi connectivity index (χ3n) is 4.84. The van der Waals surface area contributed by atoms with E-state index in [9.17, 15) is 4.79 Å². The van der Waals surface area contributed by atoms with E-state index in [0.29, 0.717) is 52.0 Å². The molecule has 0 fully saturated rings. The highest BCUT2D eigenvalue weighted by atomic mass is 35.5. The van der Waals surface area contributed by atoms with E-state index in [2.05, 4.69) is 0 Å². The van der Waals surface area contributed by atoms with E-state index in [1.54, 1.807) is 44.1 Å². The Bertz CT molecular complexity index is 1140. The number of methoxy groups -OCH3 is 3. The molecular weight excluding hydrogens is 380 g/mol. The summed E-state index contributed by atoms with van der Waals surface area (Å²) in [6.07, 6.45) is 2.71. The predicted octanol–water partition coefficient (Wildman–Crippen LogP) is 4.02. The molecule has 0 saturated carbocycles. The SMILES string of the molecule is COc1cc(/C=C2\CCn3c2nc2ccc(Cl)cc2c3=O)cc(OC)c1OC. The van der Waals surface area contributed by atoms with Gasteiger partial charge in [-0.1, -0.05) is 11.6 Å². The van der Waals surface area contributed by atoms with Crippen molar-refractivity contribution in [1.82, 2.24) is 9.55 Å². The standard InChI is InChI=1S/C21H19ClN2O4/c1-26-17-9-12(10-18(27-2)19(17)28-3)8-13-6-7-24-20(13)23-16-5-4-14(22)11-15(16)21(24)25/h4-5,8-11H,6-7H2,1-3H3/b13-8+. The van der Waals surface area contributed by atoms with Crippen molar-refractivity contribution < 1.29 is 14.2 Å². The zero-order chi connectivity index (χ0) is 19.8. The molecule has 7 heteroatoms. The topological polar surface area (TPSA) is 62.6 Å². The Kier molecular flexibility index (Phi) is 4.73. The summed E-state index contributed by atoms with van der Waals surface area (Å²) in [6, 6.07) is 8.92. The Labute approximate surface area is 166 Å². The molecule has 1 aliphatic rings. The number of halogens is 1. The third-order valence-corrected chi connectivity index (χ3v) is 5.07. The lowest BCUT2D eigenvalue weighted by Crippen LogP contribution is -2.20. The maximum Gasteiger partial charge on any atom is 0.261 e. The van der Waals surface area contributed by atoms with Crippen LogP contribution in [0.15, 0.2) is 35.1 Å². The molecule has 1 aliphatic heterocycles. The van der Waals surface area contributed by atoms with Crippen LogP contribution in [0.3, 0.4) is 0 Å². The van der Waals surface area contributed by atoms with Crippen molar-refractivity contribution in [3.05, 3.63) is 57.1 Å². The summed E-state index contributed by atoms with van der Waals surface area (Å²) < 4.78 is 17.9. The lowest BCUT2D eigenvalue weighted by Gasteiger charge is -2.13. The van der Waals surface area contributed by atoms with Crippen LogP contribution < -0.4 is 19.8 Å². The van der Waals surface area contributed by atoms with Gasteiger partial charge in [-0.2, -0.15) is 0 Å². The van der Waals surface area contributed by atoms with Gasteiger partial charge in [0.1, 0.15) is 5.82 Å². The molecule has 6 nitrogen and oxygen atoms in total. The van der Waals surface area contributed by atoms with Crippen molar-refractivity contribution in [2.45, 2.75) is 13.0 Å². The summed E-state index contributed by atoms with van der Waals surface area (Å²) in [5.41, 5.74) is 2.42. The molecule has 0 N–H and O–H groups in total.